The molecule has 1 aliphatic heterocycles. The van der Waals surface area contributed by atoms with Gasteiger partial charge in [0.2, 0.25) is 0 Å². The van der Waals surface area contributed by atoms with Crippen molar-refractivity contribution in [1.29, 1.82) is 0 Å². The standard InChI is InChI=1S/C10H13BrN2O/c11-8-2-1-3-9(6-8)13-5-4-10(7-13)14-12/h1-3,6,10H,4-5,7,12H2. The van der Waals surface area contributed by atoms with E-state index in [1.807, 2.05) is 12.1 Å². The van der Waals surface area contributed by atoms with Crippen LogP contribution < -0.4 is 10.8 Å². The number of hydrogen-bond acceptors (Lipinski definition) is 3. The molecule has 0 aliphatic carbocycles. The molecule has 4 heteroatoms. The normalized spacial score (nSPS) is 21.6. The monoisotopic (exact) mass is 256 g/mol. The smallest absolute Gasteiger partial charge is 0.0978 e. The molecule has 1 unspecified atom stereocenters. The van der Waals surface area contributed by atoms with E-state index in [2.05, 4.69) is 33.0 Å². The third kappa shape index (κ3) is 2.08. The number of halogens is 1. The summed E-state index contributed by atoms with van der Waals surface area (Å²) in [7, 11) is 0. The van der Waals surface area contributed by atoms with Crippen molar-refractivity contribution >= 4 is 21.6 Å². The molecule has 1 aromatic carbocycles. The molecule has 1 atom stereocenters. The van der Waals surface area contributed by atoms with E-state index in [-0.39, 0.29) is 6.10 Å². The number of anilines is 1. The summed E-state index contributed by atoms with van der Waals surface area (Å²) in [4.78, 5) is 7.12. The largest absolute Gasteiger partial charge is 0.369 e. The highest BCUT2D eigenvalue weighted by molar-refractivity contribution is 9.10. The van der Waals surface area contributed by atoms with Crippen molar-refractivity contribution in [2.75, 3.05) is 18.0 Å². The van der Waals surface area contributed by atoms with Crippen LogP contribution in [0.3, 0.4) is 0 Å². The molecule has 0 saturated carbocycles. The molecule has 2 N–H and O–H groups in total. The van der Waals surface area contributed by atoms with Gasteiger partial charge in [-0.15, -0.1) is 0 Å². The summed E-state index contributed by atoms with van der Waals surface area (Å²) in [5, 5.41) is 0. The average molecular weight is 257 g/mol. The Balaban J connectivity index is 2.09. The van der Waals surface area contributed by atoms with Crippen LogP contribution in [0.25, 0.3) is 0 Å². The first-order valence-electron chi connectivity index (χ1n) is 4.65. The number of benzene rings is 1. The Kier molecular flexibility index (Phi) is 3.05. The molecule has 1 heterocycles. The molecule has 76 valence electrons. The van der Waals surface area contributed by atoms with E-state index in [0.29, 0.717) is 0 Å². The minimum Gasteiger partial charge on any atom is -0.369 e. The molecule has 1 fully saturated rings. The van der Waals surface area contributed by atoms with E-state index in [4.69, 9.17) is 10.7 Å². The van der Waals surface area contributed by atoms with E-state index in [0.717, 1.165) is 24.0 Å². The van der Waals surface area contributed by atoms with Crippen LogP contribution in [-0.4, -0.2) is 19.2 Å². The fraction of sp³-hybridized carbons (Fsp3) is 0.400. The zero-order valence-electron chi connectivity index (χ0n) is 7.82. The lowest BCUT2D eigenvalue weighted by atomic mass is 10.3. The Morgan fingerprint density at radius 3 is 3.00 bits per heavy atom. The Bertz CT molecular complexity index is 319. The van der Waals surface area contributed by atoms with Crippen molar-refractivity contribution in [3.8, 4) is 0 Å². The summed E-state index contributed by atoms with van der Waals surface area (Å²) < 4.78 is 1.10. The van der Waals surface area contributed by atoms with Crippen LogP contribution in [0, 0.1) is 0 Å². The number of rotatable bonds is 2. The van der Waals surface area contributed by atoms with Crippen molar-refractivity contribution in [1.82, 2.24) is 0 Å². The molecule has 0 amide bonds. The molecule has 14 heavy (non-hydrogen) atoms. The van der Waals surface area contributed by atoms with E-state index in [1.54, 1.807) is 0 Å². The second kappa shape index (κ2) is 4.29. The van der Waals surface area contributed by atoms with Gasteiger partial charge in [-0.25, -0.2) is 5.90 Å². The maximum Gasteiger partial charge on any atom is 0.0978 e. The number of nitrogens with two attached hydrogens (primary N) is 1. The van der Waals surface area contributed by atoms with Crippen molar-refractivity contribution in [2.45, 2.75) is 12.5 Å². The third-order valence-corrected chi connectivity index (χ3v) is 3.00. The molecule has 0 spiro atoms. The topological polar surface area (TPSA) is 38.5 Å². The fourth-order valence-electron chi connectivity index (χ4n) is 1.75. The maximum atomic E-state index is 5.17. The minimum absolute atomic E-state index is 0.175. The van der Waals surface area contributed by atoms with Gasteiger partial charge in [0.1, 0.15) is 0 Å². The molecular weight excluding hydrogens is 244 g/mol. The van der Waals surface area contributed by atoms with Gasteiger partial charge in [-0.1, -0.05) is 22.0 Å². The molecule has 1 aromatic rings. The lowest BCUT2D eigenvalue weighted by molar-refractivity contribution is 0.0690. The van der Waals surface area contributed by atoms with Gasteiger partial charge in [-0.05, 0) is 24.6 Å². The Morgan fingerprint density at radius 2 is 2.36 bits per heavy atom. The second-order valence-corrected chi connectivity index (χ2v) is 4.39. The summed E-state index contributed by atoms with van der Waals surface area (Å²) in [6.45, 7) is 1.89. The molecule has 3 nitrogen and oxygen atoms in total. The van der Waals surface area contributed by atoms with E-state index < -0.39 is 0 Å². The predicted octanol–water partition coefficient (Wildman–Crippen LogP) is 1.92. The van der Waals surface area contributed by atoms with Crippen molar-refractivity contribution in [2.24, 2.45) is 5.90 Å². The van der Waals surface area contributed by atoms with Crippen molar-refractivity contribution in [3.05, 3.63) is 28.7 Å². The minimum atomic E-state index is 0.175. The van der Waals surface area contributed by atoms with E-state index in [1.165, 1.54) is 5.69 Å². The van der Waals surface area contributed by atoms with Gasteiger partial charge < -0.3 is 4.90 Å². The van der Waals surface area contributed by atoms with Gasteiger partial charge in [-0.2, -0.15) is 0 Å². The Labute approximate surface area is 91.9 Å². The maximum absolute atomic E-state index is 5.17. The Hall–Kier alpha value is -0.580. The summed E-state index contributed by atoms with van der Waals surface area (Å²) in [6.07, 6.45) is 1.18. The first-order chi connectivity index (χ1) is 6.79. The zero-order valence-corrected chi connectivity index (χ0v) is 9.40. The van der Waals surface area contributed by atoms with Gasteiger partial charge in [0.15, 0.2) is 0 Å². The molecule has 0 bridgehead atoms. The van der Waals surface area contributed by atoms with Gasteiger partial charge in [0.25, 0.3) is 0 Å². The average Bonchev–Trinajstić information content (AvgIpc) is 2.66. The molecular formula is C10H13BrN2O. The molecule has 1 saturated heterocycles. The summed E-state index contributed by atoms with van der Waals surface area (Å²) >= 11 is 3.46. The van der Waals surface area contributed by atoms with Crippen LogP contribution in [0.15, 0.2) is 28.7 Å². The molecule has 0 radical (unpaired) electrons. The quantitative estimate of drug-likeness (QED) is 0.822. The highest BCUT2D eigenvalue weighted by Gasteiger charge is 2.22. The van der Waals surface area contributed by atoms with Gasteiger partial charge in [0, 0.05) is 23.2 Å². The number of nitrogens with zero attached hydrogens (tertiary/aromatic N) is 1. The van der Waals surface area contributed by atoms with Crippen LogP contribution in [0.1, 0.15) is 6.42 Å². The van der Waals surface area contributed by atoms with Crippen LogP contribution in [0.5, 0.6) is 0 Å². The first-order valence-corrected chi connectivity index (χ1v) is 5.45. The van der Waals surface area contributed by atoms with Crippen molar-refractivity contribution in [3.63, 3.8) is 0 Å². The van der Waals surface area contributed by atoms with Crippen LogP contribution in [-0.2, 0) is 4.84 Å². The second-order valence-electron chi connectivity index (χ2n) is 3.47. The van der Waals surface area contributed by atoms with Gasteiger partial charge in [-0.3, -0.25) is 4.84 Å². The van der Waals surface area contributed by atoms with E-state index in [9.17, 15) is 0 Å². The van der Waals surface area contributed by atoms with Crippen LogP contribution in [0.2, 0.25) is 0 Å². The third-order valence-electron chi connectivity index (χ3n) is 2.51. The van der Waals surface area contributed by atoms with Crippen LogP contribution >= 0.6 is 15.9 Å². The fourth-order valence-corrected chi connectivity index (χ4v) is 2.13. The Morgan fingerprint density at radius 1 is 1.50 bits per heavy atom. The number of hydrogen-bond donors (Lipinski definition) is 1. The molecule has 2 rings (SSSR count). The summed E-state index contributed by atoms with van der Waals surface area (Å²) in [5.41, 5.74) is 1.22. The molecule has 0 aromatic heterocycles. The van der Waals surface area contributed by atoms with Gasteiger partial charge in [0.05, 0.1) is 6.10 Å². The SMILES string of the molecule is NOC1CCN(c2cccc(Br)c2)C1. The molecule has 1 aliphatic rings. The first kappa shape index (κ1) is 9.96. The van der Waals surface area contributed by atoms with Gasteiger partial charge >= 0.3 is 0 Å². The lowest BCUT2D eigenvalue weighted by Crippen LogP contribution is -2.24. The zero-order chi connectivity index (χ0) is 9.97. The van der Waals surface area contributed by atoms with Crippen molar-refractivity contribution < 1.29 is 4.84 Å². The highest BCUT2D eigenvalue weighted by atomic mass is 79.9. The highest BCUT2D eigenvalue weighted by Crippen LogP contribution is 2.24. The summed E-state index contributed by atoms with van der Waals surface area (Å²) in [6, 6.07) is 8.27. The van der Waals surface area contributed by atoms with Crippen LogP contribution in [0.4, 0.5) is 5.69 Å². The summed E-state index contributed by atoms with van der Waals surface area (Å²) in [5.74, 6) is 5.17. The van der Waals surface area contributed by atoms with E-state index >= 15 is 0 Å². The predicted molar refractivity (Wildman–Crippen MR) is 60.0 cm³/mol. The lowest BCUT2D eigenvalue weighted by Gasteiger charge is -2.18.